The Labute approximate surface area is 106 Å². The molecule has 0 aliphatic heterocycles. The molecule has 0 radical (unpaired) electrons. The summed E-state index contributed by atoms with van der Waals surface area (Å²) in [6.07, 6.45) is 1.43. The molecule has 1 aromatic heterocycles. The number of nitro groups is 1. The summed E-state index contributed by atoms with van der Waals surface area (Å²) in [5.41, 5.74) is 0.127. The number of rotatable bonds is 2. The van der Waals surface area contributed by atoms with E-state index in [0.29, 0.717) is 0 Å². The monoisotopic (exact) mass is 269 g/mol. The number of hydrogen-bond acceptors (Lipinski definition) is 4. The van der Waals surface area contributed by atoms with E-state index in [0.717, 1.165) is 0 Å². The molecular weight excluding hydrogens is 265 g/mol. The van der Waals surface area contributed by atoms with Gasteiger partial charge < -0.3 is 0 Å². The maximum atomic E-state index is 10.9. The van der Waals surface area contributed by atoms with E-state index < -0.39 is 4.92 Å². The first-order chi connectivity index (χ1) is 8.08. The van der Waals surface area contributed by atoms with Crippen molar-refractivity contribution in [3.63, 3.8) is 0 Å². The summed E-state index contributed by atoms with van der Waals surface area (Å²) < 4.78 is 0. The van der Waals surface area contributed by atoms with Gasteiger partial charge in [-0.2, -0.15) is 0 Å². The fourth-order valence-corrected chi connectivity index (χ4v) is 1.61. The van der Waals surface area contributed by atoms with Crippen molar-refractivity contribution < 1.29 is 4.92 Å². The highest BCUT2D eigenvalue weighted by Crippen LogP contribution is 2.30. The van der Waals surface area contributed by atoms with Crippen LogP contribution in [0.5, 0.6) is 0 Å². The summed E-state index contributed by atoms with van der Waals surface area (Å²) in [5, 5.41) is 11.4. The zero-order chi connectivity index (χ0) is 12.4. The molecule has 5 nitrogen and oxygen atoms in total. The van der Waals surface area contributed by atoms with E-state index in [2.05, 4.69) is 9.97 Å². The summed E-state index contributed by atoms with van der Waals surface area (Å²) in [5.74, 6) is 0.195. The zero-order valence-electron chi connectivity index (χ0n) is 8.30. The summed E-state index contributed by atoms with van der Waals surface area (Å²) in [4.78, 5) is 18.2. The molecule has 0 saturated carbocycles. The summed E-state index contributed by atoms with van der Waals surface area (Å²) in [7, 11) is 0. The SMILES string of the molecule is O=[N+]([O-])c1cc(Cl)ccc1-c1nccc(Cl)n1. The van der Waals surface area contributed by atoms with Crippen molar-refractivity contribution in [1.82, 2.24) is 9.97 Å². The van der Waals surface area contributed by atoms with Crippen LogP contribution in [0.4, 0.5) is 5.69 Å². The number of nitro benzene ring substituents is 1. The summed E-state index contributed by atoms with van der Waals surface area (Å²) in [6, 6.07) is 5.77. The molecule has 1 heterocycles. The second kappa shape index (κ2) is 4.65. The van der Waals surface area contributed by atoms with Gasteiger partial charge in [-0.05, 0) is 18.2 Å². The largest absolute Gasteiger partial charge is 0.281 e. The molecule has 0 aliphatic rings. The Balaban J connectivity index is 2.63. The molecule has 2 rings (SSSR count). The fourth-order valence-electron chi connectivity index (χ4n) is 1.31. The molecular formula is C10H5Cl2N3O2. The van der Waals surface area contributed by atoms with Crippen LogP contribution >= 0.6 is 23.2 Å². The van der Waals surface area contributed by atoms with Gasteiger partial charge in [0.05, 0.1) is 10.5 Å². The first kappa shape index (κ1) is 11.8. The van der Waals surface area contributed by atoms with Crippen molar-refractivity contribution in [1.29, 1.82) is 0 Å². The average Bonchev–Trinajstić information content (AvgIpc) is 2.28. The molecule has 0 spiro atoms. The van der Waals surface area contributed by atoms with Gasteiger partial charge in [-0.1, -0.05) is 23.2 Å². The van der Waals surface area contributed by atoms with Crippen LogP contribution in [0.1, 0.15) is 0 Å². The molecule has 0 unspecified atom stereocenters. The topological polar surface area (TPSA) is 68.9 Å². The van der Waals surface area contributed by atoms with Crippen LogP contribution in [-0.4, -0.2) is 14.9 Å². The lowest BCUT2D eigenvalue weighted by Gasteiger charge is -2.02. The Bertz CT molecular complexity index is 590. The predicted molar refractivity (Wildman–Crippen MR) is 64.1 cm³/mol. The Morgan fingerprint density at radius 3 is 2.65 bits per heavy atom. The minimum atomic E-state index is -0.536. The van der Waals surface area contributed by atoms with E-state index in [9.17, 15) is 10.1 Å². The molecule has 0 amide bonds. The zero-order valence-corrected chi connectivity index (χ0v) is 9.81. The highest BCUT2D eigenvalue weighted by atomic mass is 35.5. The molecule has 17 heavy (non-hydrogen) atoms. The molecule has 0 aliphatic carbocycles. The third-order valence-electron chi connectivity index (χ3n) is 2.02. The van der Waals surface area contributed by atoms with Gasteiger partial charge in [0.1, 0.15) is 5.15 Å². The van der Waals surface area contributed by atoms with Crippen molar-refractivity contribution in [3.05, 3.63) is 50.8 Å². The molecule has 0 fully saturated rings. The maximum Gasteiger partial charge on any atom is 0.281 e. The van der Waals surface area contributed by atoms with Crippen LogP contribution in [0, 0.1) is 10.1 Å². The van der Waals surface area contributed by atoms with Crippen LogP contribution in [0.2, 0.25) is 10.2 Å². The quantitative estimate of drug-likeness (QED) is 0.476. The van der Waals surface area contributed by atoms with Gasteiger partial charge in [0.15, 0.2) is 5.82 Å². The number of benzene rings is 1. The molecule has 0 N–H and O–H groups in total. The number of aromatic nitrogens is 2. The lowest BCUT2D eigenvalue weighted by Crippen LogP contribution is -1.95. The molecule has 2 aromatic rings. The average molecular weight is 270 g/mol. The number of hydrogen-bond donors (Lipinski definition) is 0. The van der Waals surface area contributed by atoms with E-state index in [-0.39, 0.29) is 27.3 Å². The van der Waals surface area contributed by atoms with Gasteiger partial charge in [0.25, 0.3) is 5.69 Å². The van der Waals surface area contributed by atoms with Crippen LogP contribution in [0.3, 0.4) is 0 Å². The Kier molecular flexibility index (Phi) is 3.21. The Morgan fingerprint density at radius 2 is 2.00 bits per heavy atom. The second-order valence-electron chi connectivity index (χ2n) is 3.12. The molecule has 86 valence electrons. The highest BCUT2D eigenvalue weighted by molar-refractivity contribution is 6.31. The lowest BCUT2D eigenvalue weighted by molar-refractivity contribution is -0.384. The molecule has 1 aromatic carbocycles. The van der Waals surface area contributed by atoms with Crippen LogP contribution < -0.4 is 0 Å². The van der Waals surface area contributed by atoms with Crippen LogP contribution in [0.25, 0.3) is 11.4 Å². The van der Waals surface area contributed by atoms with Gasteiger partial charge in [0, 0.05) is 17.3 Å². The van der Waals surface area contributed by atoms with E-state index in [1.165, 1.54) is 30.5 Å². The first-order valence-corrected chi connectivity index (χ1v) is 5.26. The highest BCUT2D eigenvalue weighted by Gasteiger charge is 2.17. The minimum Gasteiger partial charge on any atom is -0.258 e. The van der Waals surface area contributed by atoms with E-state index >= 15 is 0 Å². The summed E-state index contributed by atoms with van der Waals surface area (Å²) >= 11 is 11.4. The lowest BCUT2D eigenvalue weighted by atomic mass is 10.1. The predicted octanol–water partition coefficient (Wildman–Crippen LogP) is 3.36. The fraction of sp³-hybridized carbons (Fsp3) is 0. The van der Waals surface area contributed by atoms with E-state index in [4.69, 9.17) is 23.2 Å². The molecule has 0 atom stereocenters. The first-order valence-electron chi connectivity index (χ1n) is 4.51. The molecule has 0 saturated heterocycles. The van der Waals surface area contributed by atoms with E-state index in [1.807, 2.05) is 0 Å². The smallest absolute Gasteiger partial charge is 0.258 e. The van der Waals surface area contributed by atoms with Crippen LogP contribution in [-0.2, 0) is 0 Å². The second-order valence-corrected chi connectivity index (χ2v) is 3.95. The Morgan fingerprint density at radius 1 is 1.24 bits per heavy atom. The van der Waals surface area contributed by atoms with Crippen molar-refractivity contribution in [2.45, 2.75) is 0 Å². The van der Waals surface area contributed by atoms with Crippen LogP contribution in [0.15, 0.2) is 30.5 Å². The normalized spacial score (nSPS) is 10.2. The number of halogens is 2. The number of nitrogens with zero attached hydrogens (tertiary/aromatic N) is 3. The maximum absolute atomic E-state index is 10.9. The Hall–Kier alpha value is -1.72. The van der Waals surface area contributed by atoms with Gasteiger partial charge >= 0.3 is 0 Å². The molecule has 7 heteroatoms. The van der Waals surface area contributed by atoms with Crippen molar-refractivity contribution in [2.75, 3.05) is 0 Å². The van der Waals surface area contributed by atoms with Gasteiger partial charge in [-0.25, -0.2) is 9.97 Å². The van der Waals surface area contributed by atoms with Gasteiger partial charge in [-0.15, -0.1) is 0 Å². The van der Waals surface area contributed by atoms with Crippen molar-refractivity contribution in [3.8, 4) is 11.4 Å². The summed E-state index contributed by atoms with van der Waals surface area (Å²) in [6.45, 7) is 0. The standard InChI is InChI=1S/C10H5Cl2N3O2/c11-6-1-2-7(8(5-6)15(16)17)10-13-4-3-9(12)14-10/h1-5H. The third-order valence-corrected chi connectivity index (χ3v) is 2.46. The minimum absolute atomic E-state index is 0.153. The van der Waals surface area contributed by atoms with Crippen molar-refractivity contribution in [2.24, 2.45) is 0 Å². The third kappa shape index (κ3) is 2.51. The van der Waals surface area contributed by atoms with Gasteiger partial charge in [-0.3, -0.25) is 10.1 Å². The van der Waals surface area contributed by atoms with Gasteiger partial charge in [0.2, 0.25) is 0 Å². The van der Waals surface area contributed by atoms with Crippen molar-refractivity contribution >= 4 is 28.9 Å². The van der Waals surface area contributed by atoms with E-state index in [1.54, 1.807) is 0 Å². The molecule has 0 bridgehead atoms.